The zero-order valence-electron chi connectivity index (χ0n) is 15.4. The van der Waals surface area contributed by atoms with Crippen LogP contribution in [-0.2, 0) is 4.74 Å². The van der Waals surface area contributed by atoms with E-state index in [0.717, 1.165) is 25.9 Å². The molecular weight excluding hydrogens is 288 g/mol. The van der Waals surface area contributed by atoms with Crippen LogP contribution in [0.25, 0.3) is 0 Å². The molecule has 1 aliphatic carbocycles. The van der Waals surface area contributed by atoms with E-state index in [1.54, 1.807) is 0 Å². The molecule has 4 heteroatoms. The van der Waals surface area contributed by atoms with E-state index >= 15 is 0 Å². The third-order valence-electron chi connectivity index (χ3n) is 5.00. The molecule has 2 rings (SSSR count). The summed E-state index contributed by atoms with van der Waals surface area (Å²) in [5.41, 5.74) is -0.411. The topological polar surface area (TPSA) is 41.6 Å². The van der Waals surface area contributed by atoms with Gasteiger partial charge in [-0.2, -0.15) is 0 Å². The van der Waals surface area contributed by atoms with E-state index in [4.69, 9.17) is 4.74 Å². The molecule has 1 amide bonds. The molecule has 0 aromatic rings. The third kappa shape index (κ3) is 6.70. The summed E-state index contributed by atoms with van der Waals surface area (Å²) >= 11 is 0. The maximum Gasteiger partial charge on any atom is 0.410 e. The molecule has 1 unspecified atom stereocenters. The van der Waals surface area contributed by atoms with Crippen molar-refractivity contribution < 1.29 is 9.53 Å². The highest BCUT2D eigenvalue weighted by molar-refractivity contribution is 5.68. The molecular formula is C19H36N2O2. The van der Waals surface area contributed by atoms with Crippen molar-refractivity contribution in [3.05, 3.63) is 0 Å². The van der Waals surface area contributed by atoms with Crippen LogP contribution >= 0.6 is 0 Å². The minimum absolute atomic E-state index is 0.137. The van der Waals surface area contributed by atoms with Gasteiger partial charge in [0.1, 0.15) is 5.60 Å². The molecule has 0 aromatic carbocycles. The lowest BCUT2D eigenvalue weighted by Gasteiger charge is -2.37. The highest BCUT2D eigenvalue weighted by Gasteiger charge is 2.30. The summed E-state index contributed by atoms with van der Waals surface area (Å²) in [5, 5.41) is 3.76. The van der Waals surface area contributed by atoms with E-state index in [1.807, 2.05) is 25.7 Å². The standard InChI is InChI=1S/C19H36N2O2/c1-19(2,3)23-18(22)21-14-10-9-13-17(21)15-20-16-11-7-5-4-6-8-12-16/h16-17,20H,4-15H2,1-3H3. The fourth-order valence-corrected chi connectivity index (χ4v) is 3.74. The fourth-order valence-electron chi connectivity index (χ4n) is 3.74. The minimum Gasteiger partial charge on any atom is -0.444 e. The van der Waals surface area contributed by atoms with Gasteiger partial charge in [0.2, 0.25) is 0 Å². The first kappa shape index (κ1) is 18.6. The maximum absolute atomic E-state index is 12.5. The van der Waals surface area contributed by atoms with Crippen LogP contribution in [0, 0.1) is 0 Å². The molecule has 0 aromatic heterocycles. The number of likely N-dealkylation sites (tertiary alicyclic amines) is 1. The number of rotatable bonds is 3. The Balaban J connectivity index is 1.84. The number of amides is 1. The van der Waals surface area contributed by atoms with Gasteiger partial charge in [-0.05, 0) is 52.9 Å². The number of hydrogen-bond acceptors (Lipinski definition) is 3. The summed E-state index contributed by atoms with van der Waals surface area (Å²) < 4.78 is 5.59. The van der Waals surface area contributed by atoms with Crippen LogP contribution in [-0.4, -0.2) is 41.8 Å². The monoisotopic (exact) mass is 324 g/mol. The Morgan fingerprint density at radius 3 is 2.26 bits per heavy atom. The number of nitrogens with zero attached hydrogens (tertiary/aromatic N) is 1. The van der Waals surface area contributed by atoms with Crippen molar-refractivity contribution in [3.8, 4) is 0 Å². The largest absolute Gasteiger partial charge is 0.444 e. The zero-order valence-corrected chi connectivity index (χ0v) is 15.4. The zero-order chi connectivity index (χ0) is 16.7. The van der Waals surface area contributed by atoms with Crippen LogP contribution in [0.4, 0.5) is 4.79 Å². The Hall–Kier alpha value is -0.770. The Morgan fingerprint density at radius 1 is 1.00 bits per heavy atom. The maximum atomic E-state index is 12.5. The lowest BCUT2D eigenvalue weighted by molar-refractivity contribution is 0.00956. The summed E-state index contributed by atoms with van der Waals surface area (Å²) in [6.07, 6.45) is 12.7. The van der Waals surface area contributed by atoms with Gasteiger partial charge in [-0.15, -0.1) is 0 Å². The fraction of sp³-hybridized carbons (Fsp3) is 0.947. The minimum atomic E-state index is -0.411. The molecule has 1 saturated heterocycles. The third-order valence-corrected chi connectivity index (χ3v) is 5.00. The predicted octanol–water partition coefficient (Wildman–Crippen LogP) is 4.48. The number of nitrogens with one attached hydrogen (secondary N) is 1. The van der Waals surface area contributed by atoms with Gasteiger partial charge in [0.25, 0.3) is 0 Å². The van der Waals surface area contributed by atoms with Crippen LogP contribution < -0.4 is 5.32 Å². The number of carbonyl (C=O) groups is 1. The average Bonchev–Trinajstić information content (AvgIpc) is 2.44. The Morgan fingerprint density at radius 2 is 1.61 bits per heavy atom. The molecule has 1 heterocycles. The highest BCUT2D eigenvalue weighted by atomic mass is 16.6. The molecule has 2 fully saturated rings. The molecule has 0 spiro atoms. The van der Waals surface area contributed by atoms with Crippen molar-refractivity contribution in [2.24, 2.45) is 0 Å². The normalized spacial score (nSPS) is 24.8. The van der Waals surface area contributed by atoms with Crippen LogP contribution in [0.3, 0.4) is 0 Å². The molecule has 1 saturated carbocycles. The van der Waals surface area contributed by atoms with Gasteiger partial charge in [0.15, 0.2) is 0 Å². The predicted molar refractivity (Wildman–Crippen MR) is 94.7 cm³/mol. The van der Waals surface area contributed by atoms with Crippen LogP contribution in [0.2, 0.25) is 0 Å². The highest BCUT2D eigenvalue weighted by Crippen LogP contribution is 2.21. The van der Waals surface area contributed by atoms with E-state index in [9.17, 15) is 4.79 Å². The summed E-state index contributed by atoms with van der Waals surface area (Å²) in [5.74, 6) is 0. The van der Waals surface area contributed by atoms with E-state index in [2.05, 4.69) is 5.32 Å². The molecule has 2 aliphatic rings. The van der Waals surface area contributed by atoms with Gasteiger partial charge in [0, 0.05) is 25.2 Å². The summed E-state index contributed by atoms with van der Waals surface area (Å²) in [6, 6.07) is 0.932. The molecule has 23 heavy (non-hydrogen) atoms. The molecule has 0 radical (unpaired) electrons. The first-order valence-electron chi connectivity index (χ1n) is 9.69. The lowest BCUT2D eigenvalue weighted by atomic mass is 9.96. The molecule has 1 aliphatic heterocycles. The number of ether oxygens (including phenoxy) is 1. The number of piperidine rings is 1. The van der Waals surface area contributed by atoms with E-state index in [-0.39, 0.29) is 6.09 Å². The van der Waals surface area contributed by atoms with Gasteiger partial charge >= 0.3 is 6.09 Å². The van der Waals surface area contributed by atoms with E-state index < -0.39 is 5.60 Å². The van der Waals surface area contributed by atoms with Crippen molar-refractivity contribution in [3.63, 3.8) is 0 Å². The van der Waals surface area contributed by atoms with Crippen molar-refractivity contribution in [2.45, 2.75) is 103 Å². The van der Waals surface area contributed by atoms with Crippen LogP contribution in [0.15, 0.2) is 0 Å². The second-order valence-corrected chi connectivity index (χ2v) is 8.27. The van der Waals surface area contributed by atoms with Crippen molar-refractivity contribution in [1.29, 1.82) is 0 Å². The van der Waals surface area contributed by atoms with Crippen LogP contribution in [0.5, 0.6) is 0 Å². The van der Waals surface area contributed by atoms with Crippen molar-refractivity contribution in [1.82, 2.24) is 10.2 Å². The second kappa shape index (κ2) is 8.91. The van der Waals surface area contributed by atoms with E-state index in [0.29, 0.717) is 12.1 Å². The van der Waals surface area contributed by atoms with Gasteiger partial charge in [0.05, 0.1) is 0 Å². The Kier molecular flexibility index (Phi) is 7.19. The average molecular weight is 325 g/mol. The Labute approximate surface area is 142 Å². The van der Waals surface area contributed by atoms with E-state index in [1.165, 1.54) is 51.4 Å². The molecule has 1 N–H and O–H groups in total. The van der Waals surface area contributed by atoms with Crippen LogP contribution in [0.1, 0.15) is 85.0 Å². The Bertz CT molecular complexity index is 357. The summed E-state index contributed by atoms with van der Waals surface area (Å²) in [6.45, 7) is 7.58. The van der Waals surface area contributed by atoms with Crippen molar-refractivity contribution in [2.75, 3.05) is 13.1 Å². The van der Waals surface area contributed by atoms with Gasteiger partial charge in [-0.1, -0.05) is 32.1 Å². The SMILES string of the molecule is CC(C)(C)OC(=O)N1CCCCC1CNC1CCCCCCC1. The van der Waals surface area contributed by atoms with Gasteiger partial charge < -0.3 is 15.0 Å². The second-order valence-electron chi connectivity index (χ2n) is 8.27. The first-order valence-corrected chi connectivity index (χ1v) is 9.69. The van der Waals surface area contributed by atoms with Gasteiger partial charge in [-0.25, -0.2) is 4.79 Å². The number of hydrogen-bond donors (Lipinski definition) is 1. The first-order chi connectivity index (χ1) is 11.0. The summed E-state index contributed by atoms with van der Waals surface area (Å²) in [4.78, 5) is 14.4. The lowest BCUT2D eigenvalue weighted by Crippen LogP contribution is -2.51. The van der Waals surface area contributed by atoms with Crippen molar-refractivity contribution >= 4 is 6.09 Å². The molecule has 4 nitrogen and oxygen atoms in total. The summed E-state index contributed by atoms with van der Waals surface area (Å²) in [7, 11) is 0. The molecule has 1 atom stereocenters. The quantitative estimate of drug-likeness (QED) is 0.832. The molecule has 0 bridgehead atoms. The number of carbonyl (C=O) groups excluding carboxylic acids is 1. The smallest absolute Gasteiger partial charge is 0.410 e. The van der Waals surface area contributed by atoms with Gasteiger partial charge in [-0.3, -0.25) is 0 Å². The molecule has 134 valence electrons.